The van der Waals surface area contributed by atoms with Crippen LogP contribution in [0.5, 0.6) is 0 Å². The Morgan fingerprint density at radius 2 is 1.00 bits per heavy atom. The van der Waals surface area contributed by atoms with Crippen molar-refractivity contribution in [1.82, 2.24) is 10.6 Å². The Morgan fingerprint density at radius 1 is 0.625 bits per heavy atom. The molecule has 0 aliphatic heterocycles. The molecule has 4 N–H and O–H groups in total. The molecule has 2 aromatic rings. The van der Waals surface area contributed by atoms with Gasteiger partial charge in [0.25, 0.3) is 0 Å². The molecule has 0 unspecified atom stereocenters. The van der Waals surface area contributed by atoms with E-state index in [0.717, 1.165) is 51.6 Å². The topological polar surface area (TPSA) is 64.5 Å². The molecule has 2 aliphatic carbocycles. The first-order chi connectivity index (χ1) is 15.5. The molecule has 0 spiro atoms. The molecule has 176 valence electrons. The number of nitrogens with one attached hydrogen (secondary N) is 2. The van der Waals surface area contributed by atoms with Gasteiger partial charge in [-0.1, -0.05) is 74.5 Å². The molecule has 0 saturated heterocycles. The molecule has 4 heteroatoms. The summed E-state index contributed by atoms with van der Waals surface area (Å²) in [6.07, 6.45) is 6.07. The highest BCUT2D eigenvalue weighted by Gasteiger charge is 2.26. The van der Waals surface area contributed by atoms with E-state index in [0.29, 0.717) is 23.9 Å². The quantitative estimate of drug-likeness (QED) is 0.530. The SMILES string of the molecule is C[C@@H]1C[C@@H](NCc2ccccc2)CC[C@@H]1O.C[C@@H]1C[C@H](NCc2ccccc2)CC[C@@H]1O. The molecule has 2 saturated carbocycles. The first kappa shape index (κ1) is 24.9. The number of rotatable bonds is 6. The summed E-state index contributed by atoms with van der Waals surface area (Å²) in [6, 6.07) is 22.1. The van der Waals surface area contributed by atoms with Gasteiger partial charge in [-0.3, -0.25) is 0 Å². The van der Waals surface area contributed by atoms with Crippen molar-refractivity contribution in [3.8, 4) is 0 Å². The van der Waals surface area contributed by atoms with E-state index in [2.05, 4.69) is 73.0 Å². The fourth-order valence-corrected chi connectivity index (χ4v) is 4.85. The maximum atomic E-state index is 9.65. The highest BCUT2D eigenvalue weighted by Crippen LogP contribution is 2.25. The third-order valence-electron chi connectivity index (χ3n) is 7.12. The molecule has 32 heavy (non-hydrogen) atoms. The Kier molecular flexibility index (Phi) is 10.2. The zero-order valence-electron chi connectivity index (χ0n) is 19.8. The maximum absolute atomic E-state index is 9.65. The third-order valence-corrected chi connectivity index (χ3v) is 7.12. The van der Waals surface area contributed by atoms with Crippen molar-refractivity contribution < 1.29 is 10.2 Å². The van der Waals surface area contributed by atoms with Gasteiger partial charge in [-0.25, -0.2) is 0 Å². The summed E-state index contributed by atoms with van der Waals surface area (Å²) in [5, 5.41) is 26.5. The summed E-state index contributed by atoms with van der Waals surface area (Å²) in [4.78, 5) is 0. The van der Waals surface area contributed by atoms with Gasteiger partial charge < -0.3 is 20.8 Å². The van der Waals surface area contributed by atoms with E-state index >= 15 is 0 Å². The van der Waals surface area contributed by atoms with Crippen LogP contribution < -0.4 is 10.6 Å². The standard InChI is InChI=1S/2C14H21NO/c2*1-11-9-13(7-8-14(11)16)15-10-12-5-3-2-4-6-12/h2*2-6,11,13-16H,7-10H2,1H3/t11-,13+,14+;11-,13-,14+/m11/s1. The minimum atomic E-state index is -0.0882. The fourth-order valence-electron chi connectivity index (χ4n) is 4.85. The molecule has 0 heterocycles. The smallest absolute Gasteiger partial charge is 0.0566 e. The van der Waals surface area contributed by atoms with E-state index in [-0.39, 0.29) is 12.2 Å². The van der Waals surface area contributed by atoms with Crippen LogP contribution in [0.2, 0.25) is 0 Å². The highest BCUT2D eigenvalue weighted by atomic mass is 16.3. The van der Waals surface area contributed by atoms with Gasteiger partial charge >= 0.3 is 0 Å². The second-order valence-corrected chi connectivity index (χ2v) is 9.84. The van der Waals surface area contributed by atoms with Crippen molar-refractivity contribution in [2.45, 2.75) is 89.8 Å². The number of aliphatic hydroxyl groups is 2. The first-order valence-corrected chi connectivity index (χ1v) is 12.4. The molecular weight excluding hydrogens is 396 g/mol. The van der Waals surface area contributed by atoms with E-state index in [4.69, 9.17) is 0 Å². The number of hydrogen-bond donors (Lipinski definition) is 4. The monoisotopic (exact) mass is 438 g/mol. The van der Waals surface area contributed by atoms with Gasteiger partial charge in [0.05, 0.1) is 12.2 Å². The van der Waals surface area contributed by atoms with Crippen molar-refractivity contribution in [3.05, 3.63) is 71.8 Å². The Bertz CT molecular complexity index is 689. The minimum Gasteiger partial charge on any atom is -0.393 e. The first-order valence-electron chi connectivity index (χ1n) is 12.4. The highest BCUT2D eigenvalue weighted by molar-refractivity contribution is 5.15. The van der Waals surface area contributed by atoms with E-state index in [1.807, 2.05) is 12.1 Å². The summed E-state index contributed by atoms with van der Waals surface area (Å²) >= 11 is 0. The van der Waals surface area contributed by atoms with Crippen molar-refractivity contribution in [1.29, 1.82) is 0 Å². The van der Waals surface area contributed by atoms with Crippen LogP contribution >= 0.6 is 0 Å². The van der Waals surface area contributed by atoms with Crippen LogP contribution in [0.3, 0.4) is 0 Å². The van der Waals surface area contributed by atoms with Crippen LogP contribution in [-0.2, 0) is 13.1 Å². The van der Waals surface area contributed by atoms with Crippen molar-refractivity contribution >= 4 is 0 Å². The number of hydrogen-bond acceptors (Lipinski definition) is 4. The number of benzene rings is 2. The van der Waals surface area contributed by atoms with Gasteiger partial charge in [-0.15, -0.1) is 0 Å². The largest absolute Gasteiger partial charge is 0.393 e. The molecule has 0 amide bonds. The van der Waals surface area contributed by atoms with E-state index < -0.39 is 0 Å². The van der Waals surface area contributed by atoms with Crippen LogP contribution in [0, 0.1) is 11.8 Å². The van der Waals surface area contributed by atoms with Crippen LogP contribution in [0.25, 0.3) is 0 Å². The molecule has 6 atom stereocenters. The molecule has 2 aromatic carbocycles. The zero-order chi connectivity index (χ0) is 22.8. The fraction of sp³-hybridized carbons (Fsp3) is 0.571. The lowest BCUT2D eigenvalue weighted by atomic mass is 9.84. The Morgan fingerprint density at radius 3 is 1.34 bits per heavy atom. The van der Waals surface area contributed by atoms with Gasteiger partial charge in [-0.05, 0) is 61.5 Å². The van der Waals surface area contributed by atoms with Gasteiger partial charge in [0.1, 0.15) is 0 Å². The molecule has 2 fully saturated rings. The van der Waals surface area contributed by atoms with Crippen molar-refractivity contribution in [2.75, 3.05) is 0 Å². The van der Waals surface area contributed by atoms with Gasteiger partial charge in [0.15, 0.2) is 0 Å². The van der Waals surface area contributed by atoms with Gasteiger partial charge in [-0.2, -0.15) is 0 Å². The van der Waals surface area contributed by atoms with Crippen LogP contribution in [0.1, 0.15) is 63.5 Å². The lowest BCUT2D eigenvalue weighted by Crippen LogP contribution is -2.38. The summed E-state index contributed by atoms with van der Waals surface area (Å²) in [7, 11) is 0. The average Bonchev–Trinajstić information content (AvgIpc) is 2.82. The van der Waals surface area contributed by atoms with E-state index in [1.54, 1.807) is 0 Å². The predicted octanol–water partition coefficient (Wildman–Crippen LogP) is 4.65. The number of aliphatic hydroxyl groups excluding tert-OH is 2. The minimum absolute atomic E-state index is 0.0882. The summed E-state index contributed by atoms with van der Waals surface area (Å²) in [5.41, 5.74) is 2.67. The summed E-state index contributed by atoms with van der Waals surface area (Å²) in [5.74, 6) is 0.865. The van der Waals surface area contributed by atoms with Gasteiger partial charge in [0.2, 0.25) is 0 Å². The molecule has 0 bridgehead atoms. The van der Waals surface area contributed by atoms with E-state index in [1.165, 1.54) is 11.1 Å². The maximum Gasteiger partial charge on any atom is 0.0566 e. The molecule has 2 aliphatic rings. The van der Waals surface area contributed by atoms with E-state index in [9.17, 15) is 10.2 Å². The molecular formula is C28H42N2O2. The Labute approximate surface area is 194 Å². The Hall–Kier alpha value is -1.72. The zero-order valence-corrected chi connectivity index (χ0v) is 19.8. The summed E-state index contributed by atoms with van der Waals surface area (Å²) in [6.45, 7) is 6.16. The lowest BCUT2D eigenvalue weighted by molar-refractivity contribution is 0.0656. The second kappa shape index (κ2) is 13.1. The third kappa shape index (κ3) is 8.32. The molecule has 0 aromatic heterocycles. The van der Waals surface area contributed by atoms with Gasteiger partial charge in [0, 0.05) is 25.2 Å². The normalized spacial score (nSPS) is 30.2. The molecule has 4 rings (SSSR count). The second-order valence-electron chi connectivity index (χ2n) is 9.84. The lowest BCUT2D eigenvalue weighted by Gasteiger charge is -2.31. The van der Waals surface area contributed by atoms with Crippen molar-refractivity contribution in [3.63, 3.8) is 0 Å². The molecule has 0 radical (unpaired) electrons. The van der Waals surface area contributed by atoms with Crippen LogP contribution in [-0.4, -0.2) is 34.5 Å². The Balaban J connectivity index is 0.000000181. The van der Waals surface area contributed by atoms with Crippen molar-refractivity contribution in [2.24, 2.45) is 11.8 Å². The van der Waals surface area contributed by atoms with Crippen LogP contribution in [0.15, 0.2) is 60.7 Å². The molecule has 4 nitrogen and oxygen atoms in total. The van der Waals surface area contributed by atoms with Crippen LogP contribution in [0.4, 0.5) is 0 Å². The summed E-state index contributed by atoms with van der Waals surface area (Å²) < 4.78 is 0. The predicted molar refractivity (Wildman–Crippen MR) is 132 cm³/mol. The average molecular weight is 439 g/mol.